The van der Waals surface area contributed by atoms with Crippen molar-refractivity contribution in [2.75, 3.05) is 0 Å². The van der Waals surface area contributed by atoms with Crippen LogP contribution in [-0.2, 0) is 0 Å². The Morgan fingerprint density at radius 2 is 2.11 bits per heavy atom. The van der Waals surface area contributed by atoms with Gasteiger partial charge >= 0.3 is 6.36 Å². The fourth-order valence-corrected chi connectivity index (χ4v) is 1.28. The highest BCUT2D eigenvalue weighted by atomic mass is 19.4. The van der Waals surface area contributed by atoms with Crippen molar-refractivity contribution in [1.29, 1.82) is 0 Å². The smallest absolute Gasteiger partial charge is 0.406 e. The first-order valence-electron chi connectivity index (χ1n) is 4.72. The van der Waals surface area contributed by atoms with Crippen molar-refractivity contribution in [3.05, 3.63) is 36.2 Å². The minimum atomic E-state index is -4.76. The molecule has 0 aliphatic rings. The Kier molecular flexibility index (Phi) is 3.00. The molecule has 0 N–H and O–H groups in total. The van der Waals surface area contributed by atoms with Gasteiger partial charge in [0.05, 0.1) is 11.9 Å². The van der Waals surface area contributed by atoms with Crippen LogP contribution in [0.3, 0.4) is 0 Å². The highest BCUT2D eigenvalue weighted by molar-refractivity contribution is 5.70. The maximum Gasteiger partial charge on any atom is 0.573 e. The van der Waals surface area contributed by atoms with Crippen molar-refractivity contribution in [2.45, 2.75) is 6.36 Å². The van der Waals surface area contributed by atoms with E-state index in [0.29, 0.717) is 12.0 Å². The molecule has 1 heterocycles. The van der Waals surface area contributed by atoms with E-state index < -0.39 is 6.36 Å². The van der Waals surface area contributed by atoms with E-state index >= 15 is 0 Å². The number of alkyl halides is 3. The Balaban J connectivity index is 2.29. The fraction of sp³-hybridized carbons (Fsp3) is 0.100. The summed E-state index contributed by atoms with van der Waals surface area (Å²) in [5.74, 6) is -0.372. The molecule has 2 rings (SSSR count). The maximum atomic E-state index is 12.0. The van der Waals surface area contributed by atoms with E-state index in [2.05, 4.69) is 15.0 Å². The molecular formula is C10H6F3N3O2. The molecule has 0 fully saturated rings. The Morgan fingerprint density at radius 3 is 2.72 bits per heavy atom. The number of halogens is 3. The molecule has 1 aromatic carbocycles. The van der Waals surface area contributed by atoms with Crippen LogP contribution in [0.25, 0.3) is 5.69 Å². The van der Waals surface area contributed by atoms with Crippen molar-refractivity contribution in [3.63, 3.8) is 0 Å². The summed E-state index contributed by atoms with van der Waals surface area (Å²) in [5.41, 5.74) is 0.384. The van der Waals surface area contributed by atoms with Crippen molar-refractivity contribution >= 4 is 6.29 Å². The lowest BCUT2D eigenvalue weighted by molar-refractivity contribution is -0.274. The second-order valence-corrected chi connectivity index (χ2v) is 3.25. The monoisotopic (exact) mass is 257 g/mol. The second-order valence-electron chi connectivity index (χ2n) is 3.25. The SMILES string of the molecule is O=Cc1cn(-c2cccc(OC(F)(F)F)c2)nn1. The summed E-state index contributed by atoms with van der Waals surface area (Å²) in [6, 6.07) is 5.18. The number of carbonyl (C=O) groups excluding carboxylic acids is 1. The van der Waals surface area contributed by atoms with Gasteiger partial charge in [0.15, 0.2) is 6.29 Å². The lowest BCUT2D eigenvalue weighted by atomic mass is 10.3. The first-order valence-corrected chi connectivity index (χ1v) is 4.72. The van der Waals surface area contributed by atoms with E-state index in [4.69, 9.17) is 0 Å². The average Bonchev–Trinajstić information content (AvgIpc) is 2.75. The van der Waals surface area contributed by atoms with Crippen molar-refractivity contribution < 1.29 is 22.7 Å². The van der Waals surface area contributed by atoms with Crippen LogP contribution in [-0.4, -0.2) is 27.6 Å². The zero-order valence-corrected chi connectivity index (χ0v) is 8.76. The summed E-state index contributed by atoms with van der Waals surface area (Å²) in [4.78, 5) is 10.4. The quantitative estimate of drug-likeness (QED) is 0.789. The molecule has 0 spiro atoms. The lowest BCUT2D eigenvalue weighted by Gasteiger charge is -2.09. The van der Waals surface area contributed by atoms with E-state index in [1.54, 1.807) is 0 Å². The first-order chi connectivity index (χ1) is 8.48. The number of nitrogens with zero attached hydrogens (tertiary/aromatic N) is 3. The number of hydrogen-bond donors (Lipinski definition) is 0. The molecule has 2 aromatic rings. The second kappa shape index (κ2) is 4.47. The minimum Gasteiger partial charge on any atom is -0.406 e. The van der Waals surface area contributed by atoms with Crippen LogP contribution < -0.4 is 4.74 Å². The van der Waals surface area contributed by atoms with Gasteiger partial charge in [0.1, 0.15) is 11.4 Å². The number of aldehydes is 1. The molecule has 0 bridgehead atoms. The molecule has 1 aromatic heterocycles. The minimum absolute atomic E-state index is 0.0807. The molecule has 0 saturated heterocycles. The summed E-state index contributed by atoms with van der Waals surface area (Å²) in [5, 5.41) is 7.09. The van der Waals surface area contributed by atoms with E-state index in [-0.39, 0.29) is 11.4 Å². The van der Waals surface area contributed by atoms with Crippen LogP contribution in [0.5, 0.6) is 5.75 Å². The normalized spacial score (nSPS) is 11.3. The van der Waals surface area contributed by atoms with Crippen LogP contribution in [0.15, 0.2) is 30.5 Å². The van der Waals surface area contributed by atoms with Gasteiger partial charge in [-0.05, 0) is 12.1 Å². The standard InChI is InChI=1S/C10H6F3N3O2/c11-10(12,13)18-9-3-1-2-8(4-9)16-5-7(6-17)14-15-16/h1-6H. The molecule has 0 radical (unpaired) electrons. The van der Waals surface area contributed by atoms with Crippen LogP contribution in [0.2, 0.25) is 0 Å². The zero-order valence-electron chi connectivity index (χ0n) is 8.76. The third kappa shape index (κ3) is 2.84. The maximum absolute atomic E-state index is 12.0. The number of hydrogen-bond acceptors (Lipinski definition) is 4. The summed E-state index contributed by atoms with van der Waals surface area (Å²) in [7, 11) is 0. The van der Waals surface area contributed by atoms with Gasteiger partial charge in [-0.25, -0.2) is 4.68 Å². The molecule has 0 unspecified atom stereocenters. The Morgan fingerprint density at radius 1 is 1.33 bits per heavy atom. The van der Waals surface area contributed by atoms with Gasteiger partial charge in [-0.15, -0.1) is 18.3 Å². The predicted octanol–water partition coefficient (Wildman–Crippen LogP) is 1.98. The molecule has 0 aliphatic carbocycles. The third-order valence-corrected chi connectivity index (χ3v) is 1.95. The molecule has 94 valence electrons. The number of benzene rings is 1. The van der Waals surface area contributed by atoms with Gasteiger partial charge in [-0.3, -0.25) is 4.79 Å². The lowest BCUT2D eigenvalue weighted by Crippen LogP contribution is -2.17. The van der Waals surface area contributed by atoms with E-state index in [0.717, 1.165) is 12.1 Å². The molecule has 8 heteroatoms. The Hall–Kier alpha value is -2.38. The molecule has 0 atom stereocenters. The van der Waals surface area contributed by atoms with Gasteiger partial charge < -0.3 is 4.74 Å². The van der Waals surface area contributed by atoms with E-state index in [9.17, 15) is 18.0 Å². The molecule has 18 heavy (non-hydrogen) atoms. The van der Waals surface area contributed by atoms with Gasteiger partial charge in [-0.2, -0.15) is 0 Å². The highest BCUT2D eigenvalue weighted by Gasteiger charge is 2.31. The summed E-state index contributed by atoms with van der Waals surface area (Å²) >= 11 is 0. The molecule has 0 saturated carbocycles. The van der Waals surface area contributed by atoms with Gasteiger partial charge in [0.2, 0.25) is 0 Å². The number of ether oxygens (including phenoxy) is 1. The van der Waals surface area contributed by atoms with E-state index in [1.807, 2.05) is 0 Å². The molecule has 0 amide bonds. The Labute approximate surface area is 98.8 Å². The summed E-state index contributed by atoms with van der Waals surface area (Å²) in [6.07, 6.45) is -2.98. The van der Waals surface area contributed by atoms with Crippen molar-refractivity contribution in [3.8, 4) is 11.4 Å². The largest absolute Gasteiger partial charge is 0.573 e. The average molecular weight is 257 g/mol. The van der Waals surface area contributed by atoms with Gasteiger partial charge in [0.25, 0.3) is 0 Å². The highest BCUT2D eigenvalue weighted by Crippen LogP contribution is 2.24. The zero-order chi connectivity index (χ0) is 13.2. The first kappa shape index (κ1) is 12.1. The topological polar surface area (TPSA) is 57.0 Å². The van der Waals surface area contributed by atoms with Crippen molar-refractivity contribution in [1.82, 2.24) is 15.0 Å². The number of rotatable bonds is 3. The number of carbonyl (C=O) groups is 1. The van der Waals surface area contributed by atoms with Crippen LogP contribution in [0.1, 0.15) is 10.5 Å². The molecule has 5 nitrogen and oxygen atoms in total. The van der Waals surface area contributed by atoms with Crippen LogP contribution in [0.4, 0.5) is 13.2 Å². The molecular weight excluding hydrogens is 251 g/mol. The molecule has 0 aliphatic heterocycles. The Bertz CT molecular complexity index is 565. The van der Waals surface area contributed by atoms with Gasteiger partial charge in [-0.1, -0.05) is 11.3 Å². The van der Waals surface area contributed by atoms with Crippen molar-refractivity contribution in [2.24, 2.45) is 0 Å². The summed E-state index contributed by atoms with van der Waals surface area (Å²) in [6.45, 7) is 0. The fourth-order valence-electron chi connectivity index (χ4n) is 1.28. The van der Waals surface area contributed by atoms with Crippen LogP contribution in [0, 0.1) is 0 Å². The van der Waals surface area contributed by atoms with Crippen LogP contribution >= 0.6 is 0 Å². The third-order valence-electron chi connectivity index (χ3n) is 1.95. The number of aromatic nitrogens is 3. The predicted molar refractivity (Wildman–Crippen MR) is 53.4 cm³/mol. The summed E-state index contributed by atoms with van der Waals surface area (Å²) < 4.78 is 41.0. The van der Waals surface area contributed by atoms with Gasteiger partial charge in [0, 0.05) is 6.07 Å². The van der Waals surface area contributed by atoms with E-state index in [1.165, 1.54) is 23.0 Å².